The van der Waals surface area contributed by atoms with Crippen molar-refractivity contribution in [3.05, 3.63) is 36.2 Å². The zero-order valence-corrected chi connectivity index (χ0v) is 6.15. The lowest BCUT2D eigenvalue weighted by atomic mass is 10.4. The van der Waals surface area contributed by atoms with E-state index in [9.17, 15) is 0 Å². The third kappa shape index (κ3) is 5.18. The summed E-state index contributed by atoms with van der Waals surface area (Å²) in [4.78, 5) is 0. The molecule has 0 amide bonds. The molecular formula is C7H10ClN. The van der Waals surface area contributed by atoms with Gasteiger partial charge in [0.1, 0.15) is 0 Å². The number of rotatable bonds is 3. The number of allylic oxidation sites excluding steroid dienone is 3. The molecule has 0 saturated carbocycles. The van der Waals surface area contributed by atoms with Gasteiger partial charge in [0.05, 0.1) is 0 Å². The molecule has 0 heterocycles. The minimum absolute atomic E-state index is 1.02. The fraction of sp³-hybridized carbons (Fsp3) is 0.143. The van der Waals surface area contributed by atoms with Gasteiger partial charge in [-0.3, -0.25) is 0 Å². The minimum Gasteiger partial charge on any atom is -0.366 e. The Kier molecular flexibility index (Phi) is 5.03. The summed E-state index contributed by atoms with van der Waals surface area (Å²) >= 11 is 5.27. The van der Waals surface area contributed by atoms with Crippen molar-refractivity contribution in [3.8, 4) is 0 Å². The molecule has 0 aromatic carbocycles. The fourth-order valence-corrected chi connectivity index (χ4v) is 0.463. The van der Waals surface area contributed by atoms with Crippen molar-refractivity contribution in [2.24, 2.45) is 0 Å². The second-order valence-corrected chi connectivity index (χ2v) is 1.77. The second kappa shape index (κ2) is 5.45. The van der Waals surface area contributed by atoms with Crippen LogP contribution in [0, 0.1) is 0 Å². The van der Waals surface area contributed by atoms with Crippen molar-refractivity contribution in [3.63, 3.8) is 0 Å². The lowest BCUT2D eigenvalue weighted by molar-refractivity contribution is 1.06. The molecule has 0 saturated heterocycles. The Balaban J connectivity index is 3.68. The predicted molar refractivity (Wildman–Crippen MR) is 42.1 cm³/mol. The first-order valence-electron chi connectivity index (χ1n) is 2.62. The standard InChI is InChI=1S/C7H10ClN/c1-3-9-7(2)5-4-6-8/h3-6,9H,1H2,2H3/b6-4-,7-5+. The van der Waals surface area contributed by atoms with Gasteiger partial charge < -0.3 is 5.32 Å². The summed E-state index contributed by atoms with van der Waals surface area (Å²) in [5.41, 5.74) is 2.47. The van der Waals surface area contributed by atoms with Gasteiger partial charge in [0.15, 0.2) is 0 Å². The van der Waals surface area contributed by atoms with Crippen LogP contribution in [0.25, 0.3) is 0 Å². The first-order chi connectivity index (χ1) is 4.31. The van der Waals surface area contributed by atoms with Crippen molar-refractivity contribution in [2.75, 3.05) is 0 Å². The van der Waals surface area contributed by atoms with Crippen LogP contribution in [0.15, 0.2) is 36.2 Å². The Labute approximate surface area is 60.7 Å². The van der Waals surface area contributed by atoms with E-state index >= 15 is 0 Å². The first kappa shape index (κ1) is 8.31. The summed E-state index contributed by atoms with van der Waals surface area (Å²) < 4.78 is 0. The van der Waals surface area contributed by atoms with Gasteiger partial charge in [-0.1, -0.05) is 18.2 Å². The van der Waals surface area contributed by atoms with Crippen molar-refractivity contribution in [1.82, 2.24) is 5.32 Å². The number of hydrogen-bond donors (Lipinski definition) is 1. The molecule has 50 valence electrons. The lowest BCUT2D eigenvalue weighted by Gasteiger charge is -1.94. The van der Waals surface area contributed by atoms with E-state index in [1.807, 2.05) is 13.0 Å². The van der Waals surface area contributed by atoms with Crippen LogP contribution in [-0.4, -0.2) is 0 Å². The maximum absolute atomic E-state index is 5.27. The first-order valence-corrected chi connectivity index (χ1v) is 3.06. The van der Waals surface area contributed by atoms with Crippen LogP contribution < -0.4 is 5.32 Å². The highest BCUT2D eigenvalue weighted by atomic mass is 35.5. The molecule has 1 N–H and O–H groups in total. The fourth-order valence-electron chi connectivity index (χ4n) is 0.390. The van der Waals surface area contributed by atoms with Crippen molar-refractivity contribution >= 4 is 11.6 Å². The van der Waals surface area contributed by atoms with Crippen molar-refractivity contribution in [2.45, 2.75) is 6.92 Å². The predicted octanol–water partition coefficient (Wildman–Crippen LogP) is 2.38. The molecule has 0 bridgehead atoms. The van der Waals surface area contributed by atoms with Gasteiger partial charge in [-0.25, -0.2) is 0 Å². The number of nitrogens with one attached hydrogen (secondary N) is 1. The molecule has 0 rings (SSSR count). The van der Waals surface area contributed by atoms with Gasteiger partial charge in [0, 0.05) is 11.2 Å². The maximum Gasteiger partial charge on any atom is 0.0115 e. The lowest BCUT2D eigenvalue weighted by Crippen LogP contribution is -1.98. The average molecular weight is 144 g/mol. The Morgan fingerprint density at radius 2 is 2.33 bits per heavy atom. The van der Waals surface area contributed by atoms with Crippen LogP contribution in [0.4, 0.5) is 0 Å². The normalized spacial score (nSPS) is 12.0. The Morgan fingerprint density at radius 1 is 1.67 bits per heavy atom. The molecule has 0 aliphatic rings. The quantitative estimate of drug-likeness (QED) is 0.599. The van der Waals surface area contributed by atoms with Crippen LogP contribution in [0.2, 0.25) is 0 Å². The van der Waals surface area contributed by atoms with E-state index in [1.165, 1.54) is 5.54 Å². The summed E-state index contributed by atoms with van der Waals surface area (Å²) in [6, 6.07) is 0. The van der Waals surface area contributed by atoms with Crippen LogP contribution in [0.5, 0.6) is 0 Å². The third-order valence-corrected chi connectivity index (χ3v) is 0.894. The van der Waals surface area contributed by atoms with Crippen LogP contribution in [0.1, 0.15) is 6.92 Å². The minimum atomic E-state index is 1.02. The van der Waals surface area contributed by atoms with Crippen LogP contribution in [-0.2, 0) is 0 Å². The molecule has 9 heavy (non-hydrogen) atoms. The Hall–Kier alpha value is -0.690. The van der Waals surface area contributed by atoms with Gasteiger partial charge in [0.25, 0.3) is 0 Å². The monoisotopic (exact) mass is 143 g/mol. The summed E-state index contributed by atoms with van der Waals surface area (Å²) in [7, 11) is 0. The van der Waals surface area contributed by atoms with E-state index in [2.05, 4.69) is 11.9 Å². The highest BCUT2D eigenvalue weighted by Gasteiger charge is 1.75. The molecule has 1 nitrogen and oxygen atoms in total. The zero-order valence-electron chi connectivity index (χ0n) is 5.39. The van der Waals surface area contributed by atoms with E-state index in [0.29, 0.717) is 0 Å². The van der Waals surface area contributed by atoms with E-state index in [4.69, 9.17) is 11.6 Å². The smallest absolute Gasteiger partial charge is 0.0115 e. The summed E-state index contributed by atoms with van der Waals surface area (Å²) in [5, 5.41) is 2.90. The van der Waals surface area contributed by atoms with E-state index < -0.39 is 0 Å². The average Bonchev–Trinajstić information content (AvgIpc) is 1.85. The highest BCUT2D eigenvalue weighted by Crippen LogP contribution is 1.87. The molecule has 0 aromatic heterocycles. The van der Waals surface area contributed by atoms with Gasteiger partial charge in [-0.05, 0) is 25.3 Å². The van der Waals surface area contributed by atoms with Gasteiger partial charge in [0.2, 0.25) is 0 Å². The molecular weight excluding hydrogens is 134 g/mol. The molecule has 0 aromatic rings. The number of hydrogen-bond acceptors (Lipinski definition) is 1. The molecule has 2 heteroatoms. The zero-order chi connectivity index (χ0) is 7.11. The Morgan fingerprint density at radius 3 is 2.78 bits per heavy atom. The molecule has 0 atom stereocenters. The molecule has 0 radical (unpaired) electrons. The molecule has 0 spiro atoms. The molecule has 0 aliphatic heterocycles. The third-order valence-electron chi connectivity index (χ3n) is 0.749. The van der Waals surface area contributed by atoms with Crippen molar-refractivity contribution in [1.29, 1.82) is 0 Å². The van der Waals surface area contributed by atoms with E-state index in [0.717, 1.165) is 5.70 Å². The van der Waals surface area contributed by atoms with Crippen molar-refractivity contribution < 1.29 is 0 Å². The number of halogens is 1. The van der Waals surface area contributed by atoms with Crippen LogP contribution >= 0.6 is 11.6 Å². The topological polar surface area (TPSA) is 12.0 Å². The summed E-state index contributed by atoms with van der Waals surface area (Å²) in [6.07, 6.45) is 5.22. The van der Waals surface area contributed by atoms with Gasteiger partial charge >= 0.3 is 0 Å². The second-order valence-electron chi connectivity index (χ2n) is 1.52. The van der Waals surface area contributed by atoms with Gasteiger partial charge in [-0.15, -0.1) is 0 Å². The SMILES string of the molecule is C=CN/C(C)=C/C=C\Cl. The molecule has 0 fully saturated rings. The summed E-state index contributed by atoms with van der Waals surface area (Å²) in [6.45, 7) is 5.43. The molecule has 0 unspecified atom stereocenters. The highest BCUT2D eigenvalue weighted by molar-refractivity contribution is 6.25. The Bertz CT molecular complexity index is 136. The maximum atomic E-state index is 5.27. The summed E-state index contributed by atoms with van der Waals surface area (Å²) in [5.74, 6) is 0. The van der Waals surface area contributed by atoms with E-state index in [-0.39, 0.29) is 0 Å². The molecule has 0 aliphatic carbocycles. The van der Waals surface area contributed by atoms with E-state index in [1.54, 1.807) is 12.3 Å². The largest absolute Gasteiger partial charge is 0.366 e. The van der Waals surface area contributed by atoms with Crippen LogP contribution in [0.3, 0.4) is 0 Å². The van der Waals surface area contributed by atoms with Gasteiger partial charge in [-0.2, -0.15) is 0 Å².